The van der Waals surface area contributed by atoms with Gasteiger partial charge in [0.05, 0.1) is 4.90 Å². The molecule has 3 aromatic carbocycles. The van der Waals surface area contributed by atoms with E-state index in [0.29, 0.717) is 16.1 Å². The maximum atomic E-state index is 13.2. The Morgan fingerprint density at radius 3 is 2.14 bits per heavy atom. The van der Waals surface area contributed by atoms with Crippen LogP contribution in [0.15, 0.2) is 83.8 Å². The smallest absolute Gasteiger partial charge is 0.251 e. The standard InChI is InChI=1S/C21H17ClFNO3S/c22-17-8-6-16(7-9-17)21(25)24-14-20(15-4-2-1-3-5-15)28(26,27)19-12-10-18(23)11-13-19/h1-13,20H,14H2,(H,24,25). The van der Waals surface area contributed by atoms with Gasteiger partial charge in [-0.3, -0.25) is 4.79 Å². The third kappa shape index (κ3) is 4.58. The van der Waals surface area contributed by atoms with Crippen LogP contribution in [0.25, 0.3) is 0 Å². The molecule has 1 unspecified atom stereocenters. The number of benzene rings is 3. The Bertz CT molecular complexity index is 1050. The predicted molar refractivity (Wildman–Crippen MR) is 107 cm³/mol. The molecular weight excluding hydrogens is 401 g/mol. The molecule has 0 bridgehead atoms. The van der Waals surface area contributed by atoms with Crippen molar-refractivity contribution in [2.24, 2.45) is 0 Å². The molecule has 0 aliphatic rings. The summed E-state index contributed by atoms with van der Waals surface area (Å²) in [5.74, 6) is -0.932. The molecule has 0 spiro atoms. The van der Waals surface area contributed by atoms with E-state index in [1.165, 1.54) is 12.1 Å². The summed E-state index contributed by atoms with van der Waals surface area (Å²) in [4.78, 5) is 12.4. The van der Waals surface area contributed by atoms with Crippen LogP contribution in [0.5, 0.6) is 0 Å². The van der Waals surface area contributed by atoms with E-state index in [1.54, 1.807) is 54.6 Å². The normalized spacial score (nSPS) is 12.4. The van der Waals surface area contributed by atoms with Gasteiger partial charge in [-0.2, -0.15) is 0 Å². The first kappa shape index (κ1) is 20.0. The average molecular weight is 418 g/mol. The molecule has 0 radical (unpaired) electrons. The Morgan fingerprint density at radius 1 is 0.929 bits per heavy atom. The van der Waals surface area contributed by atoms with Crippen molar-refractivity contribution in [2.45, 2.75) is 10.1 Å². The minimum atomic E-state index is -3.86. The zero-order chi connectivity index (χ0) is 20.1. The number of carbonyl (C=O) groups is 1. The van der Waals surface area contributed by atoms with E-state index < -0.39 is 26.8 Å². The Labute approximate surface area is 167 Å². The summed E-state index contributed by atoms with van der Waals surface area (Å²) in [6, 6.07) is 19.5. The molecular formula is C21H17ClFNO3S. The SMILES string of the molecule is O=C(NCC(c1ccccc1)S(=O)(=O)c1ccc(F)cc1)c1ccc(Cl)cc1. The molecule has 3 aromatic rings. The summed E-state index contributed by atoms with van der Waals surface area (Å²) >= 11 is 5.82. The monoisotopic (exact) mass is 417 g/mol. The summed E-state index contributed by atoms with van der Waals surface area (Å²) in [7, 11) is -3.86. The zero-order valence-electron chi connectivity index (χ0n) is 14.7. The van der Waals surface area contributed by atoms with Crippen LogP contribution in [0.1, 0.15) is 21.2 Å². The van der Waals surface area contributed by atoms with Crippen molar-refractivity contribution in [3.8, 4) is 0 Å². The van der Waals surface area contributed by atoms with Crippen LogP contribution in [-0.2, 0) is 9.84 Å². The summed E-state index contributed by atoms with van der Waals surface area (Å²) in [5, 5.41) is 2.15. The van der Waals surface area contributed by atoms with Gasteiger partial charge >= 0.3 is 0 Å². The van der Waals surface area contributed by atoms with E-state index in [9.17, 15) is 17.6 Å². The molecule has 1 N–H and O–H groups in total. The Morgan fingerprint density at radius 2 is 1.54 bits per heavy atom. The minimum absolute atomic E-state index is 0.0107. The number of rotatable bonds is 6. The molecule has 0 aliphatic heterocycles. The van der Waals surface area contributed by atoms with Crippen LogP contribution in [0.4, 0.5) is 4.39 Å². The summed E-state index contributed by atoms with van der Waals surface area (Å²) in [6.45, 7) is -0.134. The Hall–Kier alpha value is -2.70. The molecule has 1 atom stereocenters. The molecule has 0 saturated carbocycles. The van der Waals surface area contributed by atoms with Crippen molar-refractivity contribution < 1.29 is 17.6 Å². The lowest BCUT2D eigenvalue weighted by atomic mass is 10.1. The first-order chi connectivity index (χ1) is 13.4. The predicted octanol–water partition coefficient (Wildman–Crippen LogP) is 4.42. The first-order valence-electron chi connectivity index (χ1n) is 8.46. The number of carbonyl (C=O) groups excluding carboxylic acids is 1. The van der Waals surface area contributed by atoms with Crippen molar-refractivity contribution in [2.75, 3.05) is 6.54 Å². The van der Waals surface area contributed by atoms with Gasteiger partial charge in [0, 0.05) is 17.1 Å². The van der Waals surface area contributed by atoms with Crippen molar-refractivity contribution >= 4 is 27.3 Å². The molecule has 144 valence electrons. The molecule has 0 aliphatic carbocycles. The molecule has 4 nitrogen and oxygen atoms in total. The number of sulfone groups is 1. The van der Waals surface area contributed by atoms with Crippen LogP contribution in [0.3, 0.4) is 0 Å². The van der Waals surface area contributed by atoms with Gasteiger partial charge in [-0.1, -0.05) is 41.9 Å². The van der Waals surface area contributed by atoms with E-state index in [4.69, 9.17) is 11.6 Å². The van der Waals surface area contributed by atoms with Crippen molar-refractivity contribution in [3.05, 3.63) is 101 Å². The fourth-order valence-electron chi connectivity index (χ4n) is 2.75. The molecule has 0 fully saturated rings. The maximum Gasteiger partial charge on any atom is 0.251 e. The van der Waals surface area contributed by atoms with E-state index in [1.807, 2.05) is 0 Å². The van der Waals surface area contributed by atoms with Crippen LogP contribution >= 0.6 is 11.6 Å². The lowest BCUT2D eigenvalue weighted by Gasteiger charge is -2.19. The topological polar surface area (TPSA) is 63.2 Å². The lowest BCUT2D eigenvalue weighted by Crippen LogP contribution is -2.32. The van der Waals surface area contributed by atoms with Gasteiger partial charge < -0.3 is 5.32 Å². The maximum absolute atomic E-state index is 13.2. The summed E-state index contributed by atoms with van der Waals surface area (Å²) in [6.07, 6.45) is 0. The quantitative estimate of drug-likeness (QED) is 0.604. The highest BCUT2D eigenvalue weighted by molar-refractivity contribution is 7.91. The molecule has 1 amide bonds. The van der Waals surface area contributed by atoms with Crippen molar-refractivity contribution in [3.63, 3.8) is 0 Å². The van der Waals surface area contributed by atoms with Crippen LogP contribution in [0, 0.1) is 5.82 Å². The summed E-state index contributed by atoms with van der Waals surface area (Å²) < 4.78 is 39.5. The van der Waals surface area contributed by atoms with Crippen LogP contribution < -0.4 is 5.32 Å². The van der Waals surface area contributed by atoms with Gasteiger partial charge in [0.1, 0.15) is 11.1 Å². The van der Waals surface area contributed by atoms with Crippen LogP contribution in [-0.4, -0.2) is 20.9 Å². The second-order valence-corrected chi connectivity index (χ2v) is 8.68. The van der Waals surface area contributed by atoms with E-state index in [0.717, 1.165) is 12.1 Å². The molecule has 0 aromatic heterocycles. The van der Waals surface area contributed by atoms with Crippen molar-refractivity contribution in [1.29, 1.82) is 0 Å². The number of amides is 1. The third-order valence-electron chi connectivity index (χ3n) is 4.24. The highest BCUT2D eigenvalue weighted by Gasteiger charge is 2.29. The van der Waals surface area contributed by atoms with Gasteiger partial charge in [-0.15, -0.1) is 0 Å². The zero-order valence-corrected chi connectivity index (χ0v) is 16.3. The fourth-order valence-corrected chi connectivity index (χ4v) is 4.54. The van der Waals surface area contributed by atoms with E-state index in [-0.39, 0.29) is 11.4 Å². The fraction of sp³-hybridized carbons (Fsp3) is 0.0952. The molecule has 28 heavy (non-hydrogen) atoms. The third-order valence-corrected chi connectivity index (χ3v) is 6.61. The van der Waals surface area contributed by atoms with Gasteiger partial charge in [-0.25, -0.2) is 12.8 Å². The average Bonchev–Trinajstić information content (AvgIpc) is 2.69. The van der Waals surface area contributed by atoms with Gasteiger partial charge in [0.25, 0.3) is 5.91 Å². The van der Waals surface area contributed by atoms with Crippen LogP contribution in [0.2, 0.25) is 5.02 Å². The lowest BCUT2D eigenvalue weighted by molar-refractivity contribution is 0.0953. The summed E-state index contributed by atoms with van der Waals surface area (Å²) in [5.41, 5.74) is 0.902. The van der Waals surface area contributed by atoms with E-state index >= 15 is 0 Å². The Kier molecular flexibility index (Phi) is 6.11. The first-order valence-corrected chi connectivity index (χ1v) is 10.4. The molecule has 0 heterocycles. The largest absolute Gasteiger partial charge is 0.350 e. The second kappa shape index (κ2) is 8.54. The number of hydrogen-bond donors (Lipinski definition) is 1. The number of hydrogen-bond acceptors (Lipinski definition) is 3. The number of nitrogens with one attached hydrogen (secondary N) is 1. The van der Waals surface area contributed by atoms with E-state index in [2.05, 4.69) is 5.32 Å². The highest BCUT2D eigenvalue weighted by atomic mass is 35.5. The highest BCUT2D eigenvalue weighted by Crippen LogP contribution is 2.28. The Balaban J connectivity index is 1.88. The molecule has 3 rings (SSSR count). The minimum Gasteiger partial charge on any atom is -0.350 e. The molecule has 7 heteroatoms. The second-order valence-electron chi connectivity index (χ2n) is 6.12. The van der Waals surface area contributed by atoms with Gasteiger partial charge in [0.2, 0.25) is 0 Å². The van der Waals surface area contributed by atoms with Crippen molar-refractivity contribution in [1.82, 2.24) is 5.32 Å². The van der Waals surface area contributed by atoms with Gasteiger partial charge in [0.15, 0.2) is 9.84 Å². The van der Waals surface area contributed by atoms with Gasteiger partial charge in [-0.05, 0) is 54.1 Å². The number of halogens is 2. The molecule has 0 saturated heterocycles.